The first-order valence-electron chi connectivity index (χ1n) is 9.31. The van der Waals surface area contributed by atoms with Crippen LogP contribution in [0.25, 0.3) is 11.5 Å². The van der Waals surface area contributed by atoms with E-state index in [4.69, 9.17) is 16.0 Å². The van der Waals surface area contributed by atoms with Crippen molar-refractivity contribution >= 4 is 17.5 Å². The Kier molecular flexibility index (Phi) is 5.58. The summed E-state index contributed by atoms with van der Waals surface area (Å²) in [6.07, 6.45) is 2.38. The maximum Gasteiger partial charge on any atom is 0.247 e. The van der Waals surface area contributed by atoms with Gasteiger partial charge in [0.05, 0.1) is 6.54 Å². The Morgan fingerprint density at radius 3 is 2.55 bits per heavy atom. The average Bonchev–Trinajstić information content (AvgIpc) is 3.45. The lowest BCUT2D eigenvalue weighted by Crippen LogP contribution is -2.32. The molecule has 0 aliphatic heterocycles. The number of benzene rings is 2. The van der Waals surface area contributed by atoms with Crippen molar-refractivity contribution in [1.29, 1.82) is 0 Å². The van der Waals surface area contributed by atoms with Gasteiger partial charge in [-0.1, -0.05) is 17.7 Å². The molecule has 1 aliphatic rings. The number of rotatable bonds is 7. The Morgan fingerprint density at radius 2 is 1.86 bits per heavy atom. The number of carbonyl (C=O) groups excluding carboxylic acids is 1. The van der Waals surface area contributed by atoms with E-state index >= 15 is 0 Å². The highest BCUT2D eigenvalue weighted by Gasteiger charge is 2.33. The Morgan fingerprint density at radius 1 is 1.10 bits per heavy atom. The van der Waals surface area contributed by atoms with E-state index in [1.54, 1.807) is 29.2 Å². The lowest BCUT2D eigenvalue weighted by atomic mass is 10.1. The number of aromatic nitrogens is 2. The number of aryl methyl sites for hydroxylation is 1. The molecule has 0 N–H and O–H groups in total. The molecule has 1 saturated carbocycles. The summed E-state index contributed by atoms with van der Waals surface area (Å²) < 4.78 is 32.1. The Hall–Kier alpha value is -2.80. The molecule has 0 unspecified atom stereocenters. The van der Waals surface area contributed by atoms with Crippen molar-refractivity contribution in [2.24, 2.45) is 0 Å². The summed E-state index contributed by atoms with van der Waals surface area (Å²) in [7, 11) is 0. The highest BCUT2D eigenvalue weighted by Crippen LogP contribution is 2.30. The van der Waals surface area contributed by atoms with Gasteiger partial charge < -0.3 is 9.32 Å². The number of nitrogens with zero attached hydrogens (tertiary/aromatic N) is 3. The molecule has 29 heavy (non-hydrogen) atoms. The average molecular weight is 418 g/mol. The fourth-order valence-corrected chi connectivity index (χ4v) is 3.20. The maximum atomic E-state index is 13.3. The summed E-state index contributed by atoms with van der Waals surface area (Å²) in [5, 5.41) is 8.71. The van der Waals surface area contributed by atoms with Gasteiger partial charge in [0.25, 0.3) is 0 Å². The van der Waals surface area contributed by atoms with Crippen LogP contribution < -0.4 is 0 Å². The first-order valence-corrected chi connectivity index (χ1v) is 9.69. The third-order valence-corrected chi connectivity index (χ3v) is 5.04. The third-order valence-electron chi connectivity index (χ3n) is 4.78. The van der Waals surface area contributed by atoms with E-state index in [0.29, 0.717) is 28.8 Å². The zero-order valence-electron chi connectivity index (χ0n) is 15.4. The highest BCUT2D eigenvalue weighted by molar-refractivity contribution is 6.30. The van der Waals surface area contributed by atoms with Crippen LogP contribution in [-0.4, -0.2) is 27.0 Å². The minimum Gasteiger partial charge on any atom is -0.419 e. The molecule has 0 spiro atoms. The molecule has 1 amide bonds. The van der Waals surface area contributed by atoms with E-state index in [9.17, 15) is 13.6 Å². The van der Waals surface area contributed by atoms with Crippen LogP contribution in [0.2, 0.25) is 5.02 Å². The number of hydrogen-bond acceptors (Lipinski definition) is 4. The van der Waals surface area contributed by atoms with Gasteiger partial charge in [-0.2, -0.15) is 0 Å². The zero-order chi connectivity index (χ0) is 20.4. The van der Waals surface area contributed by atoms with Crippen molar-refractivity contribution in [3.8, 4) is 11.5 Å². The standard InChI is InChI=1S/C21H18ClF2N3O2/c22-15-5-3-14(4-6-15)21-26-25-19(29-21)12-27(16-7-8-16)20(28)10-2-13-1-9-17(23)18(24)11-13/h1,3-6,9,11,16H,2,7-8,10,12H2. The second-order valence-electron chi connectivity index (χ2n) is 7.01. The lowest BCUT2D eigenvalue weighted by molar-refractivity contribution is -0.132. The van der Waals surface area contributed by atoms with Crippen molar-refractivity contribution in [2.75, 3.05) is 0 Å². The number of amides is 1. The van der Waals surface area contributed by atoms with Gasteiger partial charge in [-0.05, 0) is 61.2 Å². The summed E-state index contributed by atoms with van der Waals surface area (Å²) in [6, 6.07) is 10.9. The van der Waals surface area contributed by atoms with Crippen molar-refractivity contribution in [1.82, 2.24) is 15.1 Å². The van der Waals surface area contributed by atoms with Crippen LogP contribution in [0.3, 0.4) is 0 Å². The molecule has 0 bridgehead atoms. The van der Waals surface area contributed by atoms with Crippen LogP contribution in [0, 0.1) is 11.6 Å². The first kappa shape index (κ1) is 19.5. The molecule has 0 saturated heterocycles. The first-order chi connectivity index (χ1) is 14.0. The molecule has 5 nitrogen and oxygen atoms in total. The van der Waals surface area contributed by atoms with E-state index in [-0.39, 0.29) is 24.9 Å². The SMILES string of the molecule is O=C(CCc1ccc(F)c(F)c1)N(Cc1nnc(-c2ccc(Cl)cc2)o1)C1CC1. The maximum absolute atomic E-state index is 13.3. The minimum atomic E-state index is -0.908. The summed E-state index contributed by atoms with van der Waals surface area (Å²) in [5.74, 6) is -1.17. The van der Waals surface area contributed by atoms with Crippen LogP contribution in [0.1, 0.15) is 30.7 Å². The largest absolute Gasteiger partial charge is 0.419 e. The molecular weight excluding hydrogens is 400 g/mol. The Bertz CT molecular complexity index is 1020. The lowest BCUT2D eigenvalue weighted by Gasteiger charge is -2.20. The molecule has 1 aliphatic carbocycles. The van der Waals surface area contributed by atoms with Crippen LogP contribution in [-0.2, 0) is 17.8 Å². The van der Waals surface area contributed by atoms with E-state index < -0.39 is 11.6 Å². The summed E-state index contributed by atoms with van der Waals surface area (Å²) in [4.78, 5) is 14.4. The van der Waals surface area contributed by atoms with E-state index in [0.717, 1.165) is 30.5 Å². The molecule has 8 heteroatoms. The van der Waals surface area contributed by atoms with Crippen molar-refractivity contribution in [2.45, 2.75) is 38.3 Å². The topological polar surface area (TPSA) is 59.2 Å². The molecule has 150 valence electrons. The van der Waals surface area contributed by atoms with Crippen molar-refractivity contribution < 1.29 is 18.0 Å². The fraction of sp³-hybridized carbons (Fsp3) is 0.286. The molecule has 0 radical (unpaired) electrons. The molecule has 1 heterocycles. The van der Waals surface area contributed by atoms with Gasteiger partial charge in [0.2, 0.25) is 17.7 Å². The molecule has 1 fully saturated rings. The van der Waals surface area contributed by atoms with E-state index in [1.807, 2.05) is 0 Å². The quantitative estimate of drug-likeness (QED) is 0.554. The predicted octanol–water partition coefficient (Wildman–Crippen LogP) is 4.79. The predicted molar refractivity (Wildman–Crippen MR) is 103 cm³/mol. The fourth-order valence-electron chi connectivity index (χ4n) is 3.07. The zero-order valence-corrected chi connectivity index (χ0v) is 16.2. The van der Waals surface area contributed by atoms with Gasteiger partial charge in [-0.15, -0.1) is 10.2 Å². The van der Waals surface area contributed by atoms with Gasteiger partial charge in [-0.3, -0.25) is 4.79 Å². The Balaban J connectivity index is 1.41. The van der Waals surface area contributed by atoms with Gasteiger partial charge in [0, 0.05) is 23.0 Å². The van der Waals surface area contributed by atoms with Gasteiger partial charge in [0.15, 0.2) is 11.6 Å². The van der Waals surface area contributed by atoms with Crippen molar-refractivity contribution in [3.05, 3.63) is 70.6 Å². The van der Waals surface area contributed by atoms with Crippen molar-refractivity contribution in [3.63, 3.8) is 0 Å². The van der Waals surface area contributed by atoms with Gasteiger partial charge >= 0.3 is 0 Å². The smallest absolute Gasteiger partial charge is 0.247 e. The third kappa shape index (κ3) is 4.79. The van der Waals surface area contributed by atoms with Crippen LogP contribution in [0.4, 0.5) is 8.78 Å². The van der Waals surface area contributed by atoms with E-state index in [1.165, 1.54) is 6.07 Å². The van der Waals surface area contributed by atoms with E-state index in [2.05, 4.69) is 10.2 Å². The summed E-state index contributed by atoms with van der Waals surface area (Å²) in [6.45, 7) is 0.224. The van der Waals surface area contributed by atoms with Gasteiger partial charge in [-0.25, -0.2) is 8.78 Å². The monoisotopic (exact) mass is 417 g/mol. The molecule has 3 aromatic rings. The Labute approximate surface area is 171 Å². The normalized spacial score (nSPS) is 13.5. The summed E-state index contributed by atoms with van der Waals surface area (Å²) in [5.41, 5.74) is 1.33. The number of halogens is 3. The number of hydrogen-bond donors (Lipinski definition) is 0. The summed E-state index contributed by atoms with van der Waals surface area (Å²) >= 11 is 5.89. The molecular formula is C21H18ClF2N3O2. The number of carbonyl (C=O) groups is 1. The second-order valence-corrected chi connectivity index (χ2v) is 7.45. The molecule has 4 rings (SSSR count). The highest BCUT2D eigenvalue weighted by atomic mass is 35.5. The van der Waals surface area contributed by atoms with Crippen LogP contribution >= 0.6 is 11.6 Å². The minimum absolute atomic E-state index is 0.0801. The van der Waals surface area contributed by atoms with Crippen LogP contribution in [0.5, 0.6) is 0 Å². The molecule has 2 aromatic carbocycles. The second kappa shape index (κ2) is 8.29. The molecule has 1 aromatic heterocycles. The van der Waals surface area contributed by atoms with Crippen LogP contribution in [0.15, 0.2) is 46.9 Å². The molecule has 0 atom stereocenters. The van der Waals surface area contributed by atoms with Gasteiger partial charge in [0.1, 0.15) is 0 Å².